The van der Waals surface area contributed by atoms with E-state index < -0.39 is 0 Å². The lowest BCUT2D eigenvalue weighted by Gasteiger charge is -2.09. The van der Waals surface area contributed by atoms with E-state index in [1.54, 1.807) is 12.4 Å². The summed E-state index contributed by atoms with van der Waals surface area (Å²) in [5.41, 5.74) is 0. The molecule has 14 heavy (non-hydrogen) atoms. The number of carbonyl (C=O) groups is 1. The van der Waals surface area contributed by atoms with Crippen LogP contribution in [0.5, 0.6) is 0 Å². The van der Waals surface area contributed by atoms with Crippen molar-refractivity contribution in [2.45, 2.75) is 26.3 Å². The zero-order chi connectivity index (χ0) is 10.4. The quantitative estimate of drug-likeness (QED) is 0.662. The van der Waals surface area contributed by atoms with Crippen LogP contribution in [0.25, 0.3) is 0 Å². The first-order valence-corrected chi connectivity index (χ1v) is 4.71. The van der Waals surface area contributed by atoms with Crippen molar-refractivity contribution in [1.82, 2.24) is 20.6 Å². The number of H-pyrrole nitrogens is 1. The van der Waals surface area contributed by atoms with Crippen molar-refractivity contribution >= 4 is 6.03 Å². The molecular formula is C9H16N4O. The molecule has 0 aliphatic rings. The van der Waals surface area contributed by atoms with Gasteiger partial charge in [-0.1, -0.05) is 0 Å². The number of carbonyl (C=O) groups excluding carboxylic acids is 1. The van der Waals surface area contributed by atoms with E-state index in [2.05, 4.69) is 20.6 Å². The molecule has 5 heteroatoms. The molecule has 1 aromatic heterocycles. The van der Waals surface area contributed by atoms with Gasteiger partial charge in [-0.3, -0.25) is 0 Å². The SMILES string of the molecule is CC(C)NC(=O)NCCc1ncc[nH]1. The van der Waals surface area contributed by atoms with Crippen LogP contribution in [-0.2, 0) is 6.42 Å². The van der Waals surface area contributed by atoms with Crippen LogP contribution < -0.4 is 10.6 Å². The van der Waals surface area contributed by atoms with E-state index in [1.807, 2.05) is 13.8 Å². The zero-order valence-electron chi connectivity index (χ0n) is 8.50. The van der Waals surface area contributed by atoms with Crippen molar-refractivity contribution in [2.24, 2.45) is 0 Å². The second kappa shape index (κ2) is 5.26. The summed E-state index contributed by atoms with van der Waals surface area (Å²) in [7, 11) is 0. The molecule has 1 aromatic rings. The Balaban J connectivity index is 2.12. The molecule has 0 aliphatic heterocycles. The fourth-order valence-corrected chi connectivity index (χ4v) is 1.04. The van der Waals surface area contributed by atoms with Gasteiger partial charge in [0.05, 0.1) is 0 Å². The van der Waals surface area contributed by atoms with Crippen molar-refractivity contribution in [3.63, 3.8) is 0 Å². The van der Waals surface area contributed by atoms with Gasteiger partial charge in [-0.15, -0.1) is 0 Å². The second-order valence-electron chi connectivity index (χ2n) is 3.34. The van der Waals surface area contributed by atoms with Gasteiger partial charge in [0, 0.05) is 31.4 Å². The van der Waals surface area contributed by atoms with E-state index in [9.17, 15) is 4.79 Å². The minimum Gasteiger partial charge on any atom is -0.349 e. The van der Waals surface area contributed by atoms with Crippen LogP contribution in [0.4, 0.5) is 4.79 Å². The van der Waals surface area contributed by atoms with Crippen LogP contribution in [0.3, 0.4) is 0 Å². The number of rotatable bonds is 4. The largest absolute Gasteiger partial charge is 0.349 e. The van der Waals surface area contributed by atoms with Gasteiger partial charge in [-0.05, 0) is 13.8 Å². The average Bonchev–Trinajstić information content (AvgIpc) is 2.55. The van der Waals surface area contributed by atoms with Gasteiger partial charge in [0.1, 0.15) is 5.82 Å². The summed E-state index contributed by atoms with van der Waals surface area (Å²) in [5.74, 6) is 0.884. The number of amides is 2. The molecule has 0 unspecified atom stereocenters. The first-order chi connectivity index (χ1) is 6.68. The minimum atomic E-state index is -0.133. The predicted octanol–water partition coefficient (Wildman–Crippen LogP) is 0.660. The molecule has 0 spiro atoms. The zero-order valence-corrected chi connectivity index (χ0v) is 8.50. The average molecular weight is 196 g/mol. The smallest absolute Gasteiger partial charge is 0.314 e. The van der Waals surface area contributed by atoms with Crippen molar-refractivity contribution in [3.8, 4) is 0 Å². The lowest BCUT2D eigenvalue weighted by Crippen LogP contribution is -2.40. The minimum absolute atomic E-state index is 0.133. The van der Waals surface area contributed by atoms with Gasteiger partial charge in [0.2, 0.25) is 0 Å². The molecule has 3 N–H and O–H groups in total. The van der Waals surface area contributed by atoms with Crippen LogP contribution in [0.2, 0.25) is 0 Å². The van der Waals surface area contributed by atoms with Gasteiger partial charge in [-0.25, -0.2) is 9.78 Å². The van der Waals surface area contributed by atoms with Crippen molar-refractivity contribution in [2.75, 3.05) is 6.54 Å². The van der Waals surface area contributed by atoms with Gasteiger partial charge in [0.25, 0.3) is 0 Å². The lowest BCUT2D eigenvalue weighted by atomic mass is 10.4. The fourth-order valence-electron chi connectivity index (χ4n) is 1.04. The number of urea groups is 1. The molecule has 0 saturated heterocycles. The fraction of sp³-hybridized carbons (Fsp3) is 0.556. The monoisotopic (exact) mass is 196 g/mol. The Hall–Kier alpha value is -1.52. The molecule has 2 amide bonds. The van der Waals surface area contributed by atoms with Crippen LogP contribution in [0, 0.1) is 0 Å². The lowest BCUT2D eigenvalue weighted by molar-refractivity contribution is 0.238. The normalized spacial score (nSPS) is 10.2. The summed E-state index contributed by atoms with van der Waals surface area (Å²) < 4.78 is 0. The molecular weight excluding hydrogens is 180 g/mol. The van der Waals surface area contributed by atoms with E-state index >= 15 is 0 Å². The summed E-state index contributed by atoms with van der Waals surface area (Å²) in [6.45, 7) is 4.43. The molecule has 1 heterocycles. The highest BCUT2D eigenvalue weighted by atomic mass is 16.2. The third-order valence-electron chi connectivity index (χ3n) is 1.62. The standard InChI is InChI=1S/C9H16N4O/c1-7(2)13-9(14)12-4-3-8-10-5-6-11-8/h5-7H,3-4H2,1-2H3,(H,10,11)(H2,12,13,14). The molecule has 0 atom stereocenters. The number of hydrogen-bond acceptors (Lipinski definition) is 2. The summed E-state index contributed by atoms with van der Waals surface area (Å²) in [4.78, 5) is 18.1. The highest BCUT2D eigenvalue weighted by molar-refractivity contribution is 5.74. The van der Waals surface area contributed by atoms with E-state index in [0.717, 1.165) is 12.2 Å². The van der Waals surface area contributed by atoms with E-state index in [0.29, 0.717) is 6.54 Å². The number of imidazole rings is 1. The van der Waals surface area contributed by atoms with Crippen molar-refractivity contribution in [3.05, 3.63) is 18.2 Å². The molecule has 0 saturated carbocycles. The Kier molecular flexibility index (Phi) is 3.97. The number of hydrogen-bond donors (Lipinski definition) is 3. The molecule has 0 radical (unpaired) electrons. The highest BCUT2D eigenvalue weighted by Gasteiger charge is 2.01. The topological polar surface area (TPSA) is 69.8 Å². The van der Waals surface area contributed by atoms with E-state index in [1.165, 1.54) is 0 Å². The van der Waals surface area contributed by atoms with Gasteiger partial charge in [0.15, 0.2) is 0 Å². The summed E-state index contributed by atoms with van der Waals surface area (Å²) in [5, 5.41) is 5.48. The first kappa shape index (κ1) is 10.6. The number of aromatic nitrogens is 2. The molecule has 78 valence electrons. The predicted molar refractivity (Wildman–Crippen MR) is 54.0 cm³/mol. The molecule has 0 aliphatic carbocycles. The Morgan fingerprint density at radius 1 is 1.64 bits per heavy atom. The number of aromatic amines is 1. The molecule has 0 aromatic carbocycles. The Morgan fingerprint density at radius 2 is 2.43 bits per heavy atom. The van der Waals surface area contributed by atoms with Crippen molar-refractivity contribution in [1.29, 1.82) is 0 Å². The number of nitrogens with zero attached hydrogens (tertiary/aromatic N) is 1. The highest BCUT2D eigenvalue weighted by Crippen LogP contribution is 1.87. The molecule has 5 nitrogen and oxygen atoms in total. The van der Waals surface area contributed by atoms with Crippen LogP contribution in [0.15, 0.2) is 12.4 Å². The summed E-state index contributed by atoms with van der Waals surface area (Å²) in [6.07, 6.45) is 4.19. The van der Waals surface area contributed by atoms with Crippen LogP contribution in [-0.4, -0.2) is 28.6 Å². The Bertz CT molecular complexity index is 268. The molecule has 0 bridgehead atoms. The maximum Gasteiger partial charge on any atom is 0.314 e. The van der Waals surface area contributed by atoms with Crippen LogP contribution in [0.1, 0.15) is 19.7 Å². The van der Waals surface area contributed by atoms with Crippen LogP contribution >= 0.6 is 0 Å². The van der Waals surface area contributed by atoms with Crippen molar-refractivity contribution < 1.29 is 4.79 Å². The maximum atomic E-state index is 11.1. The first-order valence-electron chi connectivity index (χ1n) is 4.71. The number of nitrogens with one attached hydrogen (secondary N) is 3. The molecule has 1 rings (SSSR count). The van der Waals surface area contributed by atoms with Gasteiger partial charge >= 0.3 is 6.03 Å². The summed E-state index contributed by atoms with van der Waals surface area (Å²) in [6, 6.07) is 0.0326. The third-order valence-corrected chi connectivity index (χ3v) is 1.62. The summed E-state index contributed by atoms with van der Waals surface area (Å²) >= 11 is 0. The Labute approximate surface area is 83.3 Å². The van der Waals surface area contributed by atoms with E-state index in [4.69, 9.17) is 0 Å². The van der Waals surface area contributed by atoms with E-state index in [-0.39, 0.29) is 12.1 Å². The maximum absolute atomic E-state index is 11.1. The van der Waals surface area contributed by atoms with Gasteiger partial charge in [-0.2, -0.15) is 0 Å². The third kappa shape index (κ3) is 3.93. The molecule has 0 fully saturated rings. The van der Waals surface area contributed by atoms with Gasteiger partial charge < -0.3 is 15.6 Å². The second-order valence-corrected chi connectivity index (χ2v) is 3.34. The Morgan fingerprint density at radius 3 is 3.00 bits per heavy atom.